The van der Waals surface area contributed by atoms with Gasteiger partial charge in [-0.3, -0.25) is 9.59 Å². The number of hydrogen-bond donors (Lipinski definition) is 1. The van der Waals surface area contributed by atoms with E-state index in [2.05, 4.69) is 4.98 Å². The maximum absolute atomic E-state index is 12.8. The van der Waals surface area contributed by atoms with Crippen LogP contribution < -0.4 is 0 Å². The minimum absolute atomic E-state index is 0.125. The molecule has 6 nitrogen and oxygen atoms in total. The Morgan fingerprint density at radius 2 is 2.15 bits per heavy atom. The maximum Gasteiger partial charge on any atom is 0.433 e. The summed E-state index contributed by atoms with van der Waals surface area (Å²) in [7, 11) is 0. The minimum atomic E-state index is -4.55. The molecule has 1 saturated heterocycles. The van der Waals surface area contributed by atoms with Crippen LogP contribution in [0, 0.1) is 6.92 Å². The molecule has 1 unspecified atom stereocenters. The lowest BCUT2D eigenvalue weighted by molar-refractivity contribution is -0.142. The molecule has 1 atom stereocenters. The summed E-state index contributed by atoms with van der Waals surface area (Å²) in [5.41, 5.74) is -0.435. The number of alkyl halides is 3. The lowest BCUT2D eigenvalue weighted by atomic mass is 10.1. The molecule has 2 aromatic rings. The van der Waals surface area contributed by atoms with Gasteiger partial charge in [0.2, 0.25) is 0 Å². The van der Waals surface area contributed by atoms with Crippen LogP contribution in [0.4, 0.5) is 13.2 Å². The van der Waals surface area contributed by atoms with E-state index in [1.165, 1.54) is 11.0 Å². The number of carboxylic acid groups (broad SMARTS) is 1. The lowest BCUT2D eigenvalue weighted by Crippen LogP contribution is -2.46. The molecule has 0 aliphatic carbocycles. The van der Waals surface area contributed by atoms with Gasteiger partial charge in [-0.05, 0) is 24.6 Å². The van der Waals surface area contributed by atoms with Crippen molar-refractivity contribution in [1.82, 2.24) is 9.88 Å². The number of carbonyl (C=O) groups excluding carboxylic acids is 1. The van der Waals surface area contributed by atoms with E-state index in [1.54, 1.807) is 6.92 Å². The highest BCUT2D eigenvalue weighted by Gasteiger charge is 2.34. The molecule has 10 heteroatoms. The van der Waals surface area contributed by atoms with Crippen molar-refractivity contribution in [2.75, 3.05) is 19.7 Å². The van der Waals surface area contributed by atoms with E-state index >= 15 is 0 Å². The van der Waals surface area contributed by atoms with Crippen molar-refractivity contribution in [1.29, 1.82) is 0 Å². The molecule has 1 fully saturated rings. The molecule has 1 amide bonds. The zero-order valence-electron chi connectivity index (χ0n) is 13.7. The molecule has 1 aliphatic heterocycles. The number of aryl methyl sites for hydroxylation is 1. The molecule has 26 heavy (non-hydrogen) atoms. The zero-order chi connectivity index (χ0) is 19.1. The Labute approximate surface area is 150 Å². The number of rotatable bonds is 3. The number of carboxylic acids is 1. The van der Waals surface area contributed by atoms with Crippen LogP contribution in [0.3, 0.4) is 0 Å². The summed E-state index contributed by atoms with van der Waals surface area (Å²) in [6.07, 6.45) is -5.37. The van der Waals surface area contributed by atoms with E-state index in [9.17, 15) is 22.8 Å². The quantitative estimate of drug-likeness (QED) is 0.875. The van der Waals surface area contributed by atoms with Gasteiger partial charge in [-0.15, -0.1) is 11.3 Å². The van der Waals surface area contributed by atoms with Gasteiger partial charge in [-0.25, -0.2) is 4.98 Å². The van der Waals surface area contributed by atoms with Gasteiger partial charge in [-0.2, -0.15) is 13.2 Å². The molecule has 0 radical (unpaired) electrons. The molecule has 140 valence electrons. The third kappa shape index (κ3) is 3.65. The predicted octanol–water partition coefficient (Wildman–Crippen LogP) is 2.94. The van der Waals surface area contributed by atoms with Gasteiger partial charge in [-0.1, -0.05) is 0 Å². The van der Waals surface area contributed by atoms with E-state index in [-0.39, 0.29) is 30.3 Å². The van der Waals surface area contributed by atoms with Crippen LogP contribution in [0.1, 0.15) is 27.3 Å². The SMILES string of the molecule is Cc1c(C(=O)N2CCOC(CC(=O)O)C2)sc2nc(C(F)(F)F)ccc12. The molecule has 0 bridgehead atoms. The Hall–Kier alpha value is -2.20. The Bertz CT molecular complexity index is 865. The predicted molar refractivity (Wildman–Crippen MR) is 87.3 cm³/mol. The van der Waals surface area contributed by atoms with E-state index in [4.69, 9.17) is 9.84 Å². The summed E-state index contributed by atoms with van der Waals surface area (Å²) < 4.78 is 43.8. The fourth-order valence-corrected chi connectivity index (χ4v) is 3.97. The average molecular weight is 388 g/mol. The Kier molecular flexibility index (Phi) is 4.89. The first kappa shape index (κ1) is 18.6. The molecule has 1 N–H and O–H groups in total. The molecule has 0 spiro atoms. The number of aliphatic carboxylic acids is 1. The standard InChI is InChI=1S/C16H15F3N2O4S/c1-8-10-2-3-11(16(17,18)19)20-14(10)26-13(8)15(24)21-4-5-25-9(7-21)6-12(22)23/h2-3,9H,4-7H2,1H3,(H,22,23). The number of carbonyl (C=O) groups is 2. The molecule has 0 saturated carbocycles. The van der Waals surface area contributed by atoms with Gasteiger partial charge in [0, 0.05) is 18.5 Å². The van der Waals surface area contributed by atoms with Crippen molar-refractivity contribution >= 4 is 33.4 Å². The number of pyridine rings is 1. The van der Waals surface area contributed by atoms with Crippen LogP contribution >= 0.6 is 11.3 Å². The molecule has 2 aromatic heterocycles. The topological polar surface area (TPSA) is 79.7 Å². The fraction of sp³-hybridized carbons (Fsp3) is 0.438. The summed E-state index contributed by atoms with van der Waals surface area (Å²) in [5, 5.41) is 9.36. The number of morpholine rings is 1. The highest BCUT2D eigenvalue weighted by Crippen LogP contribution is 2.34. The molecular weight excluding hydrogens is 373 g/mol. The number of ether oxygens (including phenoxy) is 1. The van der Waals surface area contributed by atoms with Crippen LogP contribution in [-0.4, -0.2) is 52.7 Å². The second-order valence-corrected chi connectivity index (χ2v) is 6.94. The van der Waals surface area contributed by atoms with Crippen LogP contribution in [0.15, 0.2) is 12.1 Å². The molecule has 0 aromatic carbocycles. The average Bonchev–Trinajstić information content (AvgIpc) is 2.89. The highest BCUT2D eigenvalue weighted by atomic mass is 32.1. The first-order valence-corrected chi connectivity index (χ1v) is 8.58. The number of thiophene rings is 1. The number of fused-ring (bicyclic) bond motifs is 1. The maximum atomic E-state index is 12.8. The van der Waals surface area contributed by atoms with Gasteiger partial charge in [0.25, 0.3) is 5.91 Å². The second-order valence-electron chi connectivity index (χ2n) is 5.94. The Morgan fingerprint density at radius 1 is 1.42 bits per heavy atom. The van der Waals surface area contributed by atoms with Crippen molar-refractivity contribution < 1.29 is 32.6 Å². The van der Waals surface area contributed by atoms with Crippen molar-refractivity contribution in [2.24, 2.45) is 0 Å². The van der Waals surface area contributed by atoms with E-state index in [0.29, 0.717) is 22.4 Å². The van der Waals surface area contributed by atoms with Crippen LogP contribution in [-0.2, 0) is 15.7 Å². The molecule has 3 heterocycles. The normalized spacial score (nSPS) is 18.3. The summed E-state index contributed by atoms with van der Waals surface area (Å²) in [6.45, 7) is 2.30. The Morgan fingerprint density at radius 3 is 2.81 bits per heavy atom. The number of hydrogen-bond acceptors (Lipinski definition) is 5. The Balaban J connectivity index is 1.88. The molecular formula is C16H15F3N2O4S. The number of aromatic nitrogens is 1. The van der Waals surface area contributed by atoms with Crippen molar-refractivity contribution in [3.8, 4) is 0 Å². The van der Waals surface area contributed by atoms with Gasteiger partial charge in [0.15, 0.2) is 0 Å². The second kappa shape index (κ2) is 6.84. The monoisotopic (exact) mass is 388 g/mol. The van der Waals surface area contributed by atoms with Crippen molar-refractivity contribution in [3.63, 3.8) is 0 Å². The first-order chi connectivity index (χ1) is 12.2. The lowest BCUT2D eigenvalue weighted by Gasteiger charge is -2.32. The van der Waals surface area contributed by atoms with Gasteiger partial charge in [0.05, 0.1) is 24.0 Å². The number of nitrogens with zero attached hydrogens (tertiary/aromatic N) is 2. The van der Waals surface area contributed by atoms with E-state index in [1.807, 2.05) is 0 Å². The zero-order valence-corrected chi connectivity index (χ0v) is 14.5. The van der Waals surface area contributed by atoms with Crippen LogP contribution in [0.5, 0.6) is 0 Å². The minimum Gasteiger partial charge on any atom is -0.481 e. The third-order valence-corrected chi connectivity index (χ3v) is 5.31. The molecule has 3 rings (SSSR count). The van der Waals surface area contributed by atoms with Crippen molar-refractivity contribution in [3.05, 3.63) is 28.3 Å². The van der Waals surface area contributed by atoms with Gasteiger partial charge < -0.3 is 14.7 Å². The smallest absolute Gasteiger partial charge is 0.433 e. The van der Waals surface area contributed by atoms with E-state index in [0.717, 1.165) is 17.4 Å². The summed E-state index contributed by atoms with van der Waals surface area (Å²) >= 11 is 0.912. The third-order valence-electron chi connectivity index (χ3n) is 4.12. The molecule has 1 aliphatic rings. The number of halogens is 3. The van der Waals surface area contributed by atoms with Crippen LogP contribution in [0.2, 0.25) is 0 Å². The van der Waals surface area contributed by atoms with Gasteiger partial charge >= 0.3 is 12.1 Å². The number of amides is 1. The summed E-state index contributed by atoms with van der Waals surface area (Å²) in [6, 6.07) is 2.22. The first-order valence-electron chi connectivity index (χ1n) is 7.77. The van der Waals surface area contributed by atoms with Crippen LogP contribution in [0.25, 0.3) is 10.2 Å². The van der Waals surface area contributed by atoms with Gasteiger partial charge in [0.1, 0.15) is 10.5 Å². The van der Waals surface area contributed by atoms with Crippen molar-refractivity contribution in [2.45, 2.75) is 25.6 Å². The van der Waals surface area contributed by atoms with E-state index < -0.39 is 23.9 Å². The largest absolute Gasteiger partial charge is 0.481 e. The summed E-state index contributed by atoms with van der Waals surface area (Å²) in [5.74, 6) is -1.37. The highest BCUT2D eigenvalue weighted by molar-refractivity contribution is 7.20. The summed E-state index contributed by atoms with van der Waals surface area (Å²) in [4.78, 5) is 29.2. The fourth-order valence-electron chi connectivity index (χ4n) is 2.83.